The maximum absolute atomic E-state index is 10.6. The molecule has 0 aliphatic rings. The van der Waals surface area contributed by atoms with Gasteiger partial charge in [-0.1, -0.05) is 23.2 Å². The summed E-state index contributed by atoms with van der Waals surface area (Å²) < 4.78 is 0. The van der Waals surface area contributed by atoms with Crippen LogP contribution < -0.4 is 16.4 Å². The third-order valence-corrected chi connectivity index (χ3v) is 2.46. The van der Waals surface area contributed by atoms with Crippen LogP contribution >= 0.6 is 23.2 Å². The number of carbonyl (C=O) groups is 1. The number of carbonyl (C=O) groups excluding carboxylic acids is 1. The number of hydrogen-bond acceptors (Lipinski definition) is 3. The lowest BCUT2D eigenvalue weighted by Gasteiger charge is -2.11. The molecule has 0 aliphatic carbocycles. The molecule has 4 N–H and O–H groups in total. The molecule has 1 aromatic rings. The predicted octanol–water partition coefficient (Wildman–Crippen LogP) is 2.12. The number of rotatable bonds is 4. The highest BCUT2D eigenvalue weighted by Gasteiger charge is 2.06. The fourth-order valence-electron chi connectivity index (χ4n) is 1.19. The molecule has 4 nitrogen and oxygen atoms in total. The van der Waals surface area contributed by atoms with Gasteiger partial charge in [0.1, 0.15) is 0 Å². The second kappa shape index (κ2) is 5.82. The molecule has 1 aromatic carbocycles. The molecule has 0 heterocycles. The quantitative estimate of drug-likeness (QED) is 0.575. The van der Waals surface area contributed by atoms with E-state index in [1.54, 1.807) is 12.1 Å². The SMILES string of the molecule is CC(=O)NCCNc1c(Cl)cc(N)cc1Cl. The summed E-state index contributed by atoms with van der Waals surface area (Å²) in [4.78, 5) is 10.6. The lowest BCUT2D eigenvalue weighted by Crippen LogP contribution is -2.26. The molecule has 0 spiro atoms. The number of nitrogens with two attached hydrogens (primary N) is 1. The first kappa shape index (κ1) is 12.9. The molecular weight excluding hydrogens is 249 g/mol. The lowest BCUT2D eigenvalue weighted by atomic mass is 10.3. The van der Waals surface area contributed by atoms with E-state index in [2.05, 4.69) is 10.6 Å². The number of amides is 1. The van der Waals surface area contributed by atoms with Crippen LogP contribution in [0.1, 0.15) is 6.92 Å². The number of nitrogens with one attached hydrogen (secondary N) is 2. The molecular formula is C10H13Cl2N3O. The summed E-state index contributed by atoms with van der Waals surface area (Å²) in [6.45, 7) is 2.51. The van der Waals surface area contributed by atoms with E-state index in [0.29, 0.717) is 34.5 Å². The van der Waals surface area contributed by atoms with Gasteiger partial charge in [0.15, 0.2) is 0 Å². The molecule has 1 amide bonds. The zero-order valence-corrected chi connectivity index (χ0v) is 10.3. The Kier molecular flexibility index (Phi) is 4.71. The number of benzene rings is 1. The largest absolute Gasteiger partial charge is 0.399 e. The Morgan fingerprint density at radius 2 is 1.88 bits per heavy atom. The summed E-state index contributed by atoms with van der Waals surface area (Å²) >= 11 is 11.9. The maximum atomic E-state index is 10.6. The predicted molar refractivity (Wildman–Crippen MR) is 68.0 cm³/mol. The van der Waals surface area contributed by atoms with Gasteiger partial charge in [-0.2, -0.15) is 0 Å². The molecule has 88 valence electrons. The van der Waals surface area contributed by atoms with Gasteiger partial charge in [-0.05, 0) is 12.1 Å². The summed E-state index contributed by atoms with van der Waals surface area (Å²) in [7, 11) is 0. The van der Waals surface area contributed by atoms with Crippen LogP contribution in [0.2, 0.25) is 10.0 Å². The number of nitrogen functional groups attached to an aromatic ring is 1. The smallest absolute Gasteiger partial charge is 0.216 e. The van der Waals surface area contributed by atoms with Crippen molar-refractivity contribution < 1.29 is 4.79 Å². The molecule has 0 aromatic heterocycles. The molecule has 0 saturated carbocycles. The molecule has 0 unspecified atom stereocenters. The van der Waals surface area contributed by atoms with E-state index in [4.69, 9.17) is 28.9 Å². The van der Waals surface area contributed by atoms with Crippen LogP contribution in [0.3, 0.4) is 0 Å². The van der Waals surface area contributed by atoms with E-state index in [1.807, 2.05) is 0 Å². The van der Waals surface area contributed by atoms with E-state index in [-0.39, 0.29) is 5.91 Å². The van der Waals surface area contributed by atoms with Crippen molar-refractivity contribution in [2.24, 2.45) is 0 Å². The van der Waals surface area contributed by atoms with Crippen LogP contribution in [-0.4, -0.2) is 19.0 Å². The molecule has 0 bridgehead atoms. The van der Waals surface area contributed by atoms with E-state index >= 15 is 0 Å². The van der Waals surface area contributed by atoms with Crippen molar-refractivity contribution in [3.05, 3.63) is 22.2 Å². The van der Waals surface area contributed by atoms with Crippen molar-refractivity contribution in [2.75, 3.05) is 24.1 Å². The van der Waals surface area contributed by atoms with Gasteiger partial charge in [0.25, 0.3) is 0 Å². The lowest BCUT2D eigenvalue weighted by molar-refractivity contribution is -0.118. The first-order chi connectivity index (χ1) is 7.50. The molecule has 6 heteroatoms. The van der Waals surface area contributed by atoms with Crippen LogP contribution in [-0.2, 0) is 4.79 Å². The normalized spacial score (nSPS) is 9.94. The minimum Gasteiger partial charge on any atom is -0.399 e. The summed E-state index contributed by atoms with van der Waals surface area (Å²) in [5, 5.41) is 6.61. The van der Waals surface area contributed by atoms with Gasteiger partial charge >= 0.3 is 0 Å². The molecule has 1 rings (SSSR count). The third-order valence-electron chi connectivity index (χ3n) is 1.87. The van der Waals surface area contributed by atoms with Crippen molar-refractivity contribution in [3.8, 4) is 0 Å². The highest BCUT2D eigenvalue weighted by Crippen LogP contribution is 2.32. The van der Waals surface area contributed by atoms with Gasteiger partial charge in [-0.25, -0.2) is 0 Å². The first-order valence-electron chi connectivity index (χ1n) is 4.73. The van der Waals surface area contributed by atoms with E-state index in [0.717, 1.165) is 0 Å². The van der Waals surface area contributed by atoms with Crippen molar-refractivity contribution in [1.29, 1.82) is 0 Å². The van der Waals surface area contributed by atoms with E-state index in [9.17, 15) is 4.79 Å². The average Bonchev–Trinajstić information content (AvgIpc) is 2.14. The van der Waals surface area contributed by atoms with Crippen LogP contribution in [0, 0.1) is 0 Å². The molecule has 0 saturated heterocycles. The highest BCUT2D eigenvalue weighted by atomic mass is 35.5. The molecule has 0 atom stereocenters. The zero-order chi connectivity index (χ0) is 12.1. The summed E-state index contributed by atoms with van der Waals surface area (Å²) in [6.07, 6.45) is 0. The third kappa shape index (κ3) is 3.79. The maximum Gasteiger partial charge on any atom is 0.216 e. The summed E-state index contributed by atoms with van der Waals surface area (Å²) in [5.74, 6) is -0.0729. The van der Waals surface area contributed by atoms with Crippen molar-refractivity contribution >= 4 is 40.5 Å². The minimum absolute atomic E-state index is 0.0729. The minimum atomic E-state index is -0.0729. The second-order valence-corrected chi connectivity index (χ2v) is 4.08. The van der Waals surface area contributed by atoms with Gasteiger partial charge < -0.3 is 16.4 Å². The van der Waals surface area contributed by atoms with Crippen LogP contribution in [0.25, 0.3) is 0 Å². The Labute approximate surface area is 104 Å². The Balaban J connectivity index is 2.57. The van der Waals surface area contributed by atoms with Gasteiger partial charge in [0.2, 0.25) is 5.91 Å². The Bertz CT molecular complexity index is 373. The first-order valence-corrected chi connectivity index (χ1v) is 5.49. The number of hydrogen-bond donors (Lipinski definition) is 3. The van der Waals surface area contributed by atoms with Gasteiger partial charge in [0, 0.05) is 25.7 Å². The summed E-state index contributed by atoms with van der Waals surface area (Å²) in [6, 6.07) is 3.24. The summed E-state index contributed by atoms with van der Waals surface area (Å²) in [5.41, 5.74) is 6.71. The molecule has 0 aliphatic heterocycles. The highest BCUT2D eigenvalue weighted by molar-refractivity contribution is 6.39. The number of anilines is 2. The molecule has 16 heavy (non-hydrogen) atoms. The standard InChI is InChI=1S/C10H13Cl2N3O/c1-6(16)14-2-3-15-10-8(11)4-7(13)5-9(10)12/h4-5,15H,2-3,13H2,1H3,(H,14,16). The van der Waals surface area contributed by atoms with Gasteiger partial charge in [0.05, 0.1) is 15.7 Å². The Hall–Kier alpha value is -1.13. The Morgan fingerprint density at radius 1 is 1.31 bits per heavy atom. The topological polar surface area (TPSA) is 67.2 Å². The van der Waals surface area contributed by atoms with Crippen molar-refractivity contribution in [1.82, 2.24) is 5.32 Å². The molecule has 0 radical (unpaired) electrons. The van der Waals surface area contributed by atoms with E-state index in [1.165, 1.54) is 6.92 Å². The van der Waals surface area contributed by atoms with Crippen molar-refractivity contribution in [3.63, 3.8) is 0 Å². The van der Waals surface area contributed by atoms with Crippen molar-refractivity contribution in [2.45, 2.75) is 6.92 Å². The zero-order valence-electron chi connectivity index (χ0n) is 8.81. The second-order valence-electron chi connectivity index (χ2n) is 3.27. The van der Waals surface area contributed by atoms with Crippen LogP contribution in [0.15, 0.2) is 12.1 Å². The Morgan fingerprint density at radius 3 is 2.38 bits per heavy atom. The van der Waals surface area contributed by atoms with Gasteiger partial charge in [-0.15, -0.1) is 0 Å². The monoisotopic (exact) mass is 261 g/mol. The van der Waals surface area contributed by atoms with Crippen LogP contribution in [0.5, 0.6) is 0 Å². The van der Waals surface area contributed by atoms with Crippen LogP contribution in [0.4, 0.5) is 11.4 Å². The molecule has 0 fully saturated rings. The van der Waals surface area contributed by atoms with E-state index < -0.39 is 0 Å². The van der Waals surface area contributed by atoms with Gasteiger partial charge in [-0.3, -0.25) is 4.79 Å². The fraction of sp³-hybridized carbons (Fsp3) is 0.300. The fourth-order valence-corrected chi connectivity index (χ4v) is 1.83. The average molecular weight is 262 g/mol. The number of halogens is 2.